The van der Waals surface area contributed by atoms with E-state index >= 15 is 0 Å². The minimum absolute atomic E-state index is 0.149. The van der Waals surface area contributed by atoms with Gasteiger partial charge in [0.2, 0.25) is 11.8 Å². The van der Waals surface area contributed by atoms with E-state index < -0.39 is 17.6 Å². The highest BCUT2D eigenvalue weighted by molar-refractivity contribution is 6.00. The van der Waals surface area contributed by atoms with E-state index in [1.165, 1.54) is 4.57 Å². The van der Waals surface area contributed by atoms with Gasteiger partial charge in [0.15, 0.2) is 0 Å². The summed E-state index contributed by atoms with van der Waals surface area (Å²) in [5, 5.41) is 2.34. The molecule has 0 spiro atoms. The highest BCUT2D eigenvalue weighted by Gasteiger charge is 2.32. The lowest BCUT2D eigenvalue weighted by atomic mass is 9.84. The Kier molecular flexibility index (Phi) is 6.31. The van der Waals surface area contributed by atoms with Crippen molar-refractivity contribution in [3.63, 3.8) is 0 Å². The number of rotatable bonds is 4. The fourth-order valence-electron chi connectivity index (χ4n) is 5.11. The number of imidazole rings is 1. The summed E-state index contributed by atoms with van der Waals surface area (Å²) in [4.78, 5) is 51.5. The molecule has 3 heterocycles. The quantitative estimate of drug-likeness (QED) is 0.544. The second-order valence-electron chi connectivity index (χ2n) is 10.6. The molecule has 2 saturated heterocycles. The first-order chi connectivity index (χ1) is 15.9. The molecule has 2 aliphatic heterocycles. The molecule has 2 fully saturated rings. The van der Waals surface area contributed by atoms with Gasteiger partial charge in [0, 0.05) is 38.7 Å². The maximum Gasteiger partial charge on any atom is 0.329 e. The van der Waals surface area contributed by atoms with Crippen LogP contribution in [0, 0.1) is 11.8 Å². The van der Waals surface area contributed by atoms with Gasteiger partial charge in [-0.15, -0.1) is 0 Å². The molecule has 0 aliphatic carbocycles. The Labute approximate surface area is 199 Å². The number of aromatic nitrogens is 2. The van der Waals surface area contributed by atoms with Crippen molar-refractivity contribution in [1.29, 1.82) is 0 Å². The predicted octanol–water partition coefficient (Wildman–Crippen LogP) is 2.51. The van der Waals surface area contributed by atoms with Crippen LogP contribution in [0.5, 0.6) is 0 Å². The second kappa shape index (κ2) is 8.92. The van der Waals surface area contributed by atoms with Crippen LogP contribution in [0.3, 0.4) is 0 Å². The Morgan fingerprint density at radius 1 is 1.15 bits per heavy atom. The molecule has 2 aliphatic rings. The molecule has 4 rings (SSSR count). The zero-order valence-corrected chi connectivity index (χ0v) is 20.6. The topological polar surface area (TPSA) is 103 Å². The number of imide groups is 1. The highest BCUT2D eigenvalue weighted by atomic mass is 16.6. The molecular formula is C25H34N4O5. The number of carbonyl (C=O) groups is 3. The molecule has 1 N–H and O–H groups in total. The Morgan fingerprint density at radius 2 is 1.88 bits per heavy atom. The third kappa shape index (κ3) is 4.74. The first-order valence-electron chi connectivity index (χ1n) is 12.0. The molecule has 0 radical (unpaired) electrons. The van der Waals surface area contributed by atoms with Crippen LogP contribution in [0.15, 0.2) is 23.0 Å². The largest absolute Gasteiger partial charge is 0.460 e. The summed E-state index contributed by atoms with van der Waals surface area (Å²) >= 11 is 0. The lowest BCUT2D eigenvalue weighted by Crippen LogP contribution is -2.44. The van der Waals surface area contributed by atoms with Crippen LogP contribution >= 0.6 is 0 Å². The molecule has 2 aromatic rings. The number of nitrogens with zero attached hydrogens (tertiary/aromatic N) is 3. The Morgan fingerprint density at radius 3 is 2.53 bits per heavy atom. The van der Waals surface area contributed by atoms with E-state index in [0.717, 1.165) is 30.7 Å². The van der Waals surface area contributed by atoms with Crippen molar-refractivity contribution in [3.8, 4) is 0 Å². The summed E-state index contributed by atoms with van der Waals surface area (Å²) in [7, 11) is 1.70. The van der Waals surface area contributed by atoms with E-state index in [4.69, 9.17) is 4.74 Å². The van der Waals surface area contributed by atoms with E-state index in [1.54, 1.807) is 11.6 Å². The third-order valence-corrected chi connectivity index (χ3v) is 6.89. The van der Waals surface area contributed by atoms with E-state index in [-0.39, 0.29) is 29.9 Å². The van der Waals surface area contributed by atoms with Crippen LogP contribution < -0.4 is 15.9 Å². The molecule has 34 heavy (non-hydrogen) atoms. The molecule has 1 aromatic heterocycles. The smallest absolute Gasteiger partial charge is 0.329 e. The van der Waals surface area contributed by atoms with Crippen molar-refractivity contribution in [1.82, 2.24) is 14.5 Å². The summed E-state index contributed by atoms with van der Waals surface area (Å²) in [6.45, 7) is 9.43. The molecule has 2 amide bonds. The maximum absolute atomic E-state index is 13.0. The number of anilines is 1. The molecule has 0 bridgehead atoms. The molecule has 0 saturated carbocycles. The Bertz CT molecular complexity index is 1190. The van der Waals surface area contributed by atoms with Gasteiger partial charge in [-0.2, -0.15) is 0 Å². The van der Waals surface area contributed by atoms with E-state index in [9.17, 15) is 19.2 Å². The van der Waals surface area contributed by atoms with Gasteiger partial charge in [0.1, 0.15) is 11.6 Å². The fraction of sp³-hybridized carbons (Fsp3) is 0.600. The number of amides is 2. The number of hydrogen-bond donors (Lipinski definition) is 1. The zero-order chi connectivity index (χ0) is 24.8. The predicted molar refractivity (Wildman–Crippen MR) is 129 cm³/mol. The number of piperidine rings is 2. The van der Waals surface area contributed by atoms with Crippen LogP contribution in [0.2, 0.25) is 0 Å². The molecular weight excluding hydrogens is 436 g/mol. The van der Waals surface area contributed by atoms with Crippen molar-refractivity contribution < 1.29 is 19.1 Å². The molecule has 3 atom stereocenters. The van der Waals surface area contributed by atoms with Gasteiger partial charge in [-0.1, -0.05) is 6.92 Å². The highest BCUT2D eigenvalue weighted by Crippen LogP contribution is 2.32. The Hall–Kier alpha value is -3.10. The van der Waals surface area contributed by atoms with Gasteiger partial charge < -0.3 is 9.64 Å². The number of carbonyl (C=O) groups excluding carboxylic acids is 3. The summed E-state index contributed by atoms with van der Waals surface area (Å²) in [5.74, 6) is -0.303. The number of aryl methyl sites for hydroxylation is 1. The number of nitrogens with one attached hydrogen (secondary N) is 1. The number of hydrogen-bond acceptors (Lipinski definition) is 6. The zero-order valence-electron chi connectivity index (χ0n) is 20.6. The van der Waals surface area contributed by atoms with Gasteiger partial charge in [-0.25, -0.2) is 4.79 Å². The normalized spacial score (nSPS) is 23.8. The maximum atomic E-state index is 13.0. The van der Waals surface area contributed by atoms with Gasteiger partial charge >= 0.3 is 11.7 Å². The lowest BCUT2D eigenvalue weighted by Gasteiger charge is -2.38. The summed E-state index contributed by atoms with van der Waals surface area (Å²) in [6.07, 6.45) is 1.84. The van der Waals surface area contributed by atoms with Gasteiger partial charge in [-0.3, -0.25) is 28.8 Å². The SMILES string of the molecule is C[C@H]1CN(c2ccc3c(c2)n(C)c(=O)n3C2CCC(=O)NC2=O)CC[C@H]1CC(=O)OC(C)(C)C. The van der Waals surface area contributed by atoms with Crippen molar-refractivity contribution >= 4 is 34.5 Å². The van der Waals surface area contributed by atoms with E-state index in [2.05, 4.69) is 17.1 Å². The molecule has 9 nitrogen and oxygen atoms in total. The molecule has 184 valence electrons. The first-order valence-corrected chi connectivity index (χ1v) is 12.0. The van der Waals surface area contributed by atoms with Crippen molar-refractivity contribution in [3.05, 3.63) is 28.7 Å². The summed E-state index contributed by atoms with van der Waals surface area (Å²) in [6, 6.07) is 5.15. The van der Waals surface area contributed by atoms with Crippen molar-refractivity contribution in [2.24, 2.45) is 18.9 Å². The second-order valence-corrected chi connectivity index (χ2v) is 10.6. The van der Waals surface area contributed by atoms with Crippen molar-refractivity contribution in [2.45, 2.75) is 65.0 Å². The number of esters is 1. The molecule has 1 aromatic carbocycles. The molecule has 1 unspecified atom stereocenters. The van der Waals surface area contributed by atoms with E-state index in [1.807, 2.05) is 39.0 Å². The van der Waals surface area contributed by atoms with Crippen LogP contribution in [0.25, 0.3) is 11.0 Å². The van der Waals surface area contributed by atoms with Crippen LogP contribution in [0.4, 0.5) is 5.69 Å². The minimum Gasteiger partial charge on any atom is -0.460 e. The minimum atomic E-state index is -0.691. The lowest BCUT2D eigenvalue weighted by molar-refractivity contribution is -0.156. The number of fused-ring (bicyclic) bond motifs is 1. The number of benzene rings is 1. The average molecular weight is 471 g/mol. The third-order valence-electron chi connectivity index (χ3n) is 6.89. The van der Waals surface area contributed by atoms with Crippen LogP contribution in [0.1, 0.15) is 59.4 Å². The fourth-order valence-corrected chi connectivity index (χ4v) is 5.11. The summed E-state index contributed by atoms with van der Waals surface area (Å²) < 4.78 is 8.56. The first kappa shape index (κ1) is 24.0. The van der Waals surface area contributed by atoms with Gasteiger partial charge in [0.05, 0.1) is 11.0 Å². The molecule has 9 heteroatoms. The van der Waals surface area contributed by atoms with Crippen LogP contribution in [-0.4, -0.2) is 45.6 Å². The monoisotopic (exact) mass is 470 g/mol. The average Bonchev–Trinajstić information content (AvgIpc) is 2.98. The van der Waals surface area contributed by atoms with Crippen LogP contribution in [-0.2, 0) is 26.2 Å². The Balaban J connectivity index is 1.52. The van der Waals surface area contributed by atoms with Gasteiger partial charge in [0.25, 0.3) is 0 Å². The van der Waals surface area contributed by atoms with Gasteiger partial charge in [-0.05, 0) is 63.6 Å². The van der Waals surface area contributed by atoms with Crippen molar-refractivity contribution in [2.75, 3.05) is 18.0 Å². The summed E-state index contributed by atoms with van der Waals surface area (Å²) in [5.41, 5.74) is 1.68. The standard InChI is InChI=1S/C25H34N4O5/c1-15-14-28(11-10-16(15)12-22(31)34-25(2,3)4)17-6-7-18-20(13-17)27(5)24(33)29(18)19-8-9-21(30)26-23(19)32/h6-7,13,15-16,19H,8-12,14H2,1-5H3,(H,26,30,32)/t15-,16-,19?/m0/s1. The number of ether oxygens (including phenoxy) is 1. The van der Waals surface area contributed by atoms with E-state index in [0.29, 0.717) is 24.3 Å².